The highest BCUT2D eigenvalue weighted by molar-refractivity contribution is 7.94. The van der Waals surface area contributed by atoms with Crippen molar-refractivity contribution in [2.24, 2.45) is 0 Å². The molecule has 2 fully saturated rings. The monoisotopic (exact) mass is 980 g/mol. The van der Waals surface area contributed by atoms with Crippen molar-refractivity contribution in [1.29, 1.82) is 0 Å². The molecule has 6 N–H and O–H groups in total. The minimum atomic E-state index is -4.23. The molecule has 1 aromatic heterocycles. The van der Waals surface area contributed by atoms with E-state index in [-0.39, 0.29) is 99.1 Å². The summed E-state index contributed by atoms with van der Waals surface area (Å²) in [6.07, 6.45) is 1.17. The molecule has 0 radical (unpaired) electrons. The molecule has 360 valence electrons. The number of rotatable bonds is 17. The fraction of sp³-hybridized carbons (Fsp3) is 0.265. The highest BCUT2D eigenvalue weighted by Crippen LogP contribution is 2.38. The van der Waals surface area contributed by atoms with Crippen LogP contribution in [0.5, 0.6) is 11.5 Å². The van der Waals surface area contributed by atoms with Gasteiger partial charge in [-0.3, -0.25) is 29.6 Å². The summed E-state index contributed by atoms with van der Waals surface area (Å²) in [6.45, 7) is 0.0388. The molecule has 0 bridgehead atoms. The first-order valence-electron chi connectivity index (χ1n) is 21.9. The molecule has 0 aliphatic carbocycles. The van der Waals surface area contributed by atoms with Gasteiger partial charge in [-0.25, -0.2) is 27.8 Å². The molecule has 0 spiro atoms. The Morgan fingerprint density at radius 3 is 1.70 bits per heavy atom. The minimum absolute atomic E-state index is 0.0382. The third-order valence-electron chi connectivity index (χ3n) is 12.6. The van der Waals surface area contributed by atoms with E-state index in [4.69, 9.17) is 18.9 Å². The summed E-state index contributed by atoms with van der Waals surface area (Å²) in [5, 5.41) is 22.2. The standard InChI is InChI=1S/C49H48N4O14S2/c54-43(31-67-37-13-17-39(18-14-37)69(62,63)49(47(57)53-59)21-26-65-27-22-49)35-4-1-3-34(29-35)32-7-9-33(10-8-32)40-5-2-6-42-44(40)41(30-51-42)45(55)50-23-28-66-36-11-15-38(16-12-36)68(60,61)48(46(56)52-58)19-24-64-25-20-48/h1-18,29-30,51,58-59H,19-28,31H2,(H,50,55)(H,52,56)(H,53,57). The van der Waals surface area contributed by atoms with Gasteiger partial charge in [-0.15, -0.1) is 0 Å². The summed E-state index contributed by atoms with van der Waals surface area (Å²) in [5.41, 5.74) is 7.80. The zero-order valence-electron chi connectivity index (χ0n) is 36.9. The van der Waals surface area contributed by atoms with Crippen molar-refractivity contribution in [3.8, 4) is 33.8 Å². The topological polar surface area (TPSA) is 266 Å². The number of Topliss-reactive ketones (excluding diaryl/α,β-unsaturated/α-hetero) is 1. The number of benzene rings is 5. The van der Waals surface area contributed by atoms with Crippen LogP contribution < -0.4 is 25.8 Å². The van der Waals surface area contributed by atoms with Crippen molar-refractivity contribution in [2.75, 3.05) is 46.2 Å². The summed E-state index contributed by atoms with van der Waals surface area (Å²) in [7, 11) is -8.43. The molecule has 0 saturated carbocycles. The summed E-state index contributed by atoms with van der Waals surface area (Å²) in [5.74, 6) is -2.11. The van der Waals surface area contributed by atoms with Gasteiger partial charge in [0.05, 0.1) is 21.9 Å². The van der Waals surface area contributed by atoms with E-state index in [1.54, 1.807) is 24.4 Å². The van der Waals surface area contributed by atoms with Crippen molar-refractivity contribution in [1.82, 2.24) is 21.3 Å². The first kappa shape index (κ1) is 48.5. The number of fused-ring (bicyclic) bond motifs is 1. The molecule has 2 aliphatic heterocycles. The lowest BCUT2D eigenvalue weighted by Gasteiger charge is -2.34. The second-order valence-electron chi connectivity index (χ2n) is 16.4. The molecule has 18 nitrogen and oxygen atoms in total. The Balaban J connectivity index is 0.877. The minimum Gasteiger partial charge on any atom is -0.492 e. The molecule has 3 amide bonds. The van der Waals surface area contributed by atoms with Gasteiger partial charge in [-0.1, -0.05) is 54.6 Å². The molecular weight excluding hydrogens is 933 g/mol. The molecule has 0 atom stereocenters. The van der Waals surface area contributed by atoms with E-state index >= 15 is 0 Å². The molecule has 69 heavy (non-hydrogen) atoms. The number of amides is 3. The van der Waals surface area contributed by atoms with Gasteiger partial charge in [0.2, 0.25) is 0 Å². The van der Waals surface area contributed by atoms with E-state index in [0.717, 1.165) is 27.8 Å². The van der Waals surface area contributed by atoms with Crippen LogP contribution in [-0.2, 0) is 38.7 Å². The van der Waals surface area contributed by atoms with Gasteiger partial charge in [0.15, 0.2) is 41.6 Å². The number of aromatic amines is 1. The molecular formula is C49H48N4O14S2. The quantitative estimate of drug-likeness (QED) is 0.0296. The number of H-pyrrole nitrogens is 1. The number of nitrogens with one attached hydrogen (secondary N) is 4. The Labute approximate surface area is 396 Å². The van der Waals surface area contributed by atoms with Gasteiger partial charge < -0.3 is 29.2 Å². The summed E-state index contributed by atoms with van der Waals surface area (Å²) in [6, 6.07) is 31.4. The predicted octanol–water partition coefficient (Wildman–Crippen LogP) is 5.23. The Hall–Kier alpha value is -6.94. The number of carbonyl (C=O) groups excluding carboxylic acids is 4. The second kappa shape index (κ2) is 20.3. The molecule has 2 aliphatic rings. The fourth-order valence-corrected chi connectivity index (χ4v) is 12.6. The maximum atomic E-state index is 13.6. The molecule has 0 unspecified atom stereocenters. The Morgan fingerprint density at radius 2 is 1.14 bits per heavy atom. The number of ketones is 1. The van der Waals surface area contributed by atoms with Crippen LogP contribution >= 0.6 is 0 Å². The van der Waals surface area contributed by atoms with Crippen LogP contribution in [0.25, 0.3) is 33.2 Å². The first-order chi connectivity index (χ1) is 33.2. The maximum absolute atomic E-state index is 13.6. The Kier molecular flexibility index (Phi) is 14.3. The summed E-state index contributed by atoms with van der Waals surface area (Å²) < 4.78 is 72.5. The third kappa shape index (κ3) is 9.46. The molecule has 3 heterocycles. The summed E-state index contributed by atoms with van der Waals surface area (Å²) in [4.78, 5) is 54.9. The molecule has 8 rings (SSSR count). The normalized spacial score (nSPS) is 15.7. The molecule has 2 saturated heterocycles. The maximum Gasteiger partial charge on any atom is 0.265 e. The Morgan fingerprint density at radius 1 is 0.623 bits per heavy atom. The van der Waals surface area contributed by atoms with E-state index in [1.165, 1.54) is 59.5 Å². The van der Waals surface area contributed by atoms with E-state index < -0.39 is 41.0 Å². The van der Waals surface area contributed by atoms with Crippen LogP contribution in [0.1, 0.15) is 46.4 Å². The van der Waals surface area contributed by atoms with E-state index in [0.29, 0.717) is 22.3 Å². The predicted molar refractivity (Wildman–Crippen MR) is 250 cm³/mol. The summed E-state index contributed by atoms with van der Waals surface area (Å²) >= 11 is 0. The van der Waals surface area contributed by atoms with Crippen molar-refractivity contribution < 1.29 is 65.4 Å². The van der Waals surface area contributed by atoms with Gasteiger partial charge >= 0.3 is 0 Å². The van der Waals surface area contributed by atoms with Crippen LogP contribution in [0.15, 0.2) is 131 Å². The van der Waals surface area contributed by atoms with Gasteiger partial charge in [0, 0.05) is 49.1 Å². The lowest BCUT2D eigenvalue weighted by molar-refractivity contribution is -0.135. The smallest absolute Gasteiger partial charge is 0.265 e. The van der Waals surface area contributed by atoms with Gasteiger partial charge in [-0.2, -0.15) is 0 Å². The molecule has 5 aromatic carbocycles. The van der Waals surface area contributed by atoms with Gasteiger partial charge in [0.25, 0.3) is 17.7 Å². The van der Waals surface area contributed by atoms with Crippen LogP contribution in [0.4, 0.5) is 0 Å². The highest BCUT2D eigenvalue weighted by Gasteiger charge is 2.53. The lowest BCUT2D eigenvalue weighted by atomic mass is 9.95. The molecule has 6 aromatic rings. The average molecular weight is 981 g/mol. The largest absolute Gasteiger partial charge is 0.492 e. The van der Waals surface area contributed by atoms with Crippen LogP contribution in [0, 0.1) is 0 Å². The second-order valence-corrected chi connectivity index (χ2v) is 21.0. The van der Waals surface area contributed by atoms with Crippen molar-refractivity contribution >= 4 is 54.1 Å². The lowest BCUT2D eigenvalue weighted by Crippen LogP contribution is -2.54. The van der Waals surface area contributed by atoms with Crippen LogP contribution in [0.2, 0.25) is 0 Å². The first-order valence-corrected chi connectivity index (χ1v) is 24.8. The van der Waals surface area contributed by atoms with E-state index in [9.17, 15) is 46.4 Å². The SMILES string of the molecule is O=C(COc1ccc(S(=O)(=O)C2(C(=O)NO)CCOCC2)cc1)c1cccc(-c2ccc(-c3cccc4[nH]cc(C(=O)NCCOc5ccc(S(=O)(=O)C6(C(=O)NO)CCOCC6)cc5)c34)cc2)c1. The zero-order chi connectivity index (χ0) is 48.8. The highest BCUT2D eigenvalue weighted by atomic mass is 32.2. The third-order valence-corrected chi connectivity index (χ3v) is 17.6. The number of ether oxygens (including phenoxy) is 4. The number of sulfone groups is 2. The van der Waals surface area contributed by atoms with Gasteiger partial charge in [0.1, 0.15) is 18.1 Å². The van der Waals surface area contributed by atoms with Crippen molar-refractivity contribution in [2.45, 2.75) is 45.0 Å². The number of carbonyl (C=O) groups is 4. The number of aromatic nitrogens is 1. The molecule has 20 heteroatoms. The van der Waals surface area contributed by atoms with E-state index in [2.05, 4.69) is 10.3 Å². The van der Waals surface area contributed by atoms with Gasteiger partial charge in [-0.05, 0) is 109 Å². The zero-order valence-corrected chi connectivity index (χ0v) is 38.6. The fourth-order valence-electron chi connectivity index (χ4n) is 8.70. The van der Waals surface area contributed by atoms with Crippen molar-refractivity contribution in [3.63, 3.8) is 0 Å². The number of hydrogen-bond acceptors (Lipinski definition) is 14. The van der Waals surface area contributed by atoms with Crippen LogP contribution in [-0.4, -0.2) is 111 Å². The van der Waals surface area contributed by atoms with Crippen molar-refractivity contribution in [3.05, 3.63) is 133 Å². The number of hydroxylamine groups is 2. The Bertz CT molecular complexity index is 3090. The van der Waals surface area contributed by atoms with E-state index in [1.807, 2.05) is 48.5 Å². The van der Waals surface area contributed by atoms with Crippen LogP contribution in [0.3, 0.4) is 0 Å². The average Bonchev–Trinajstić information content (AvgIpc) is 3.84. The number of hydrogen-bond donors (Lipinski definition) is 6.